The van der Waals surface area contributed by atoms with Gasteiger partial charge in [0, 0.05) is 16.8 Å². The predicted octanol–water partition coefficient (Wildman–Crippen LogP) is 5.00. The van der Waals surface area contributed by atoms with E-state index in [2.05, 4.69) is 16.4 Å². The number of rotatable bonds is 7. The van der Waals surface area contributed by atoms with E-state index in [0.717, 1.165) is 27.6 Å². The van der Waals surface area contributed by atoms with E-state index in [1.54, 1.807) is 13.3 Å². The largest absolute Gasteiger partial charge is 0.497 e. The van der Waals surface area contributed by atoms with Crippen LogP contribution in [0.4, 0.5) is 5.69 Å². The van der Waals surface area contributed by atoms with Crippen molar-refractivity contribution in [1.29, 1.82) is 0 Å². The lowest BCUT2D eigenvalue weighted by Gasteiger charge is -2.09. The van der Waals surface area contributed by atoms with Crippen molar-refractivity contribution in [2.75, 3.05) is 12.4 Å². The highest BCUT2D eigenvalue weighted by Crippen LogP contribution is 2.21. The average Bonchev–Trinajstić information content (AvgIpc) is 3.04. The monoisotopic (exact) mass is 360 g/mol. The Hall–Kier alpha value is -2.24. The van der Waals surface area contributed by atoms with Crippen molar-refractivity contribution >= 4 is 28.6 Å². The van der Waals surface area contributed by atoms with E-state index in [4.69, 9.17) is 21.1 Å². The Balaban J connectivity index is 1.56. The summed E-state index contributed by atoms with van der Waals surface area (Å²) in [4.78, 5) is 5.13. The molecule has 0 bridgehead atoms. The highest BCUT2D eigenvalue weighted by molar-refractivity contribution is 7.15. The summed E-state index contributed by atoms with van der Waals surface area (Å²) in [5, 5.41) is 3.37. The van der Waals surface area contributed by atoms with Crippen molar-refractivity contribution in [1.82, 2.24) is 4.98 Å². The molecule has 0 aliphatic heterocycles. The summed E-state index contributed by atoms with van der Waals surface area (Å²) in [6.45, 7) is 1.21. The summed E-state index contributed by atoms with van der Waals surface area (Å²) in [6.07, 6.45) is 1.79. The fourth-order valence-electron chi connectivity index (χ4n) is 2.16. The van der Waals surface area contributed by atoms with Gasteiger partial charge in [-0.05, 0) is 42.0 Å². The van der Waals surface area contributed by atoms with Gasteiger partial charge < -0.3 is 14.8 Å². The van der Waals surface area contributed by atoms with E-state index in [1.165, 1.54) is 11.3 Å². The molecule has 4 nitrogen and oxygen atoms in total. The molecule has 0 amide bonds. The maximum atomic E-state index is 5.84. The van der Waals surface area contributed by atoms with E-state index >= 15 is 0 Å². The molecule has 0 saturated heterocycles. The summed E-state index contributed by atoms with van der Waals surface area (Å²) >= 11 is 7.32. The van der Waals surface area contributed by atoms with Crippen LogP contribution in [0.15, 0.2) is 54.7 Å². The first kappa shape index (κ1) is 16.6. The number of aromatic nitrogens is 1. The van der Waals surface area contributed by atoms with Crippen molar-refractivity contribution < 1.29 is 9.47 Å². The lowest BCUT2D eigenvalue weighted by atomic mass is 10.2. The Morgan fingerprint density at radius 3 is 2.62 bits per heavy atom. The Labute approximate surface area is 150 Å². The molecule has 0 spiro atoms. The van der Waals surface area contributed by atoms with Gasteiger partial charge in [0.15, 0.2) is 4.47 Å². The third-order valence-corrected chi connectivity index (χ3v) is 4.50. The molecular formula is C18H17ClN2O2S. The highest BCUT2D eigenvalue weighted by Gasteiger charge is 2.01. The first-order chi connectivity index (χ1) is 11.7. The highest BCUT2D eigenvalue weighted by atomic mass is 35.5. The Morgan fingerprint density at radius 1 is 1.12 bits per heavy atom. The molecule has 124 valence electrons. The second-order valence-corrected chi connectivity index (χ2v) is 6.79. The number of hydrogen-bond acceptors (Lipinski definition) is 5. The molecule has 1 aromatic heterocycles. The van der Waals surface area contributed by atoms with Crippen LogP contribution in [0, 0.1) is 0 Å². The first-order valence-corrected chi connectivity index (χ1v) is 8.62. The van der Waals surface area contributed by atoms with Crippen LogP contribution in [-0.2, 0) is 13.2 Å². The average molecular weight is 361 g/mol. The normalized spacial score (nSPS) is 10.4. The fourth-order valence-corrected chi connectivity index (χ4v) is 3.08. The van der Waals surface area contributed by atoms with Crippen molar-refractivity contribution in [3.05, 3.63) is 69.6 Å². The molecule has 2 aromatic carbocycles. The van der Waals surface area contributed by atoms with Crippen molar-refractivity contribution in [2.24, 2.45) is 0 Å². The molecule has 0 unspecified atom stereocenters. The van der Waals surface area contributed by atoms with E-state index in [1.807, 2.05) is 42.5 Å². The zero-order chi connectivity index (χ0) is 16.8. The Morgan fingerprint density at radius 2 is 1.92 bits per heavy atom. The van der Waals surface area contributed by atoms with Gasteiger partial charge in [0.2, 0.25) is 0 Å². The molecule has 3 aromatic rings. The number of hydrogen-bond donors (Lipinski definition) is 1. The summed E-state index contributed by atoms with van der Waals surface area (Å²) in [5.41, 5.74) is 2.13. The number of ether oxygens (including phenoxy) is 2. The van der Waals surface area contributed by atoms with E-state index in [0.29, 0.717) is 17.6 Å². The molecule has 0 fully saturated rings. The molecule has 0 aliphatic carbocycles. The van der Waals surface area contributed by atoms with Crippen molar-refractivity contribution in [3.63, 3.8) is 0 Å². The second-order valence-electron chi connectivity index (χ2n) is 5.10. The lowest BCUT2D eigenvalue weighted by Crippen LogP contribution is -2.00. The van der Waals surface area contributed by atoms with E-state index < -0.39 is 0 Å². The van der Waals surface area contributed by atoms with Gasteiger partial charge in [-0.3, -0.25) is 0 Å². The Bertz CT molecular complexity index is 790. The molecular weight excluding hydrogens is 344 g/mol. The number of benzene rings is 2. The molecule has 0 aliphatic rings. The maximum Gasteiger partial charge on any atom is 0.183 e. The number of thiazole rings is 1. The van der Waals surface area contributed by atoms with Gasteiger partial charge in [-0.1, -0.05) is 23.7 Å². The predicted molar refractivity (Wildman–Crippen MR) is 98.2 cm³/mol. The first-order valence-electron chi connectivity index (χ1n) is 7.43. The van der Waals surface area contributed by atoms with Crippen molar-refractivity contribution in [2.45, 2.75) is 13.2 Å². The van der Waals surface area contributed by atoms with E-state index in [9.17, 15) is 0 Å². The zero-order valence-corrected chi connectivity index (χ0v) is 14.7. The summed E-state index contributed by atoms with van der Waals surface area (Å²) in [7, 11) is 1.65. The van der Waals surface area contributed by atoms with Gasteiger partial charge in [0.05, 0.1) is 13.7 Å². The van der Waals surface area contributed by atoms with Crippen LogP contribution in [0.25, 0.3) is 0 Å². The van der Waals surface area contributed by atoms with Crippen LogP contribution >= 0.6 is 22.9 Å². The molecule has 6 heteroatoms. The number of halogens is 1. The second kappa shape index (κ2) is 8.04. The quantitative estimate of drug-likeness (QED) is 0.644. The smallest absolute Gasteiger partial charge is 0.183 e. The van der Waals surface area contributed by atoms with Gasteiger partial charge in [-0.15, -0.1) is 11.3 Å². The van der Waals surface area contributed by atoms with Gasteiger partial charge in [0.1, 0.15) is 18.1 Å². The molecule has 0 radical (unpaired) electrons. The standard InChI is InChI=1S/C18H17ClN2O2S/c1-22-15-5-7-16(8-6-15)23-12-13-3-2-4-14(9-13)20-10-17-11-21-18(19)24-17/h2-9,11,20H,10,12H2,1H3. The SMILES string of the molecule is COc1ccc(OCc2cccc(NCc3cnc(Cl)s3)c2)cc1. The number of nitrogens with one attached hydrogen (secondary N) is 1. The summed E-state index contributed by atoms with van der Waals surface area (Å²) in [5.74, 6) is 1.63. The zero-order valence-electron chi connectivity index (χ0n) is 13.2. The third-order valence-electron chi connectivity index (χ3n) is 3.38. The molecule has 1 N–H and O–H groups in total. The minimum atomic E-state index is 0.508. The number of anilines is 1. The molecule has 0 atom stereocenters. The number of nitrogens with zero attached hydrogens (tertiary/aromatic N) is 1. The molecule has 1 heterocycles. The van der Waals surface area contributed by atoms with Gasteiger partial charge in [-0.25, -0.2) is 4.98 Å². The molecule has 0 saturated carbocycles. The van der Waals surface area contributed by atoms with Crippen LogP contribution in [-0.4, -0.2) is 12.1 Å². The van der Waals surface area contributed by atoms with Crippen LogP contribution in [0.3, 0.4) is 0 Å². The molecule has 3 rings (SSSR count). The summed E-state index contributed by atoms with van der Waals surface area (Å²) < 4.78 is 11.5. The third kappa shape index (κ3) is 4.63. The van der Waals surface area contributed by atoms with Crippen LogP contribution in [0.1, 0.15) is 10.4 Å². The Kier molecular flexibility index (Phi) is 5.56. The minimum Gasteiger partial charge on any atom is -0.497 e. The maximum absolute atomic E-state index is 5.84. The summed E-state index contributed by atoms with van der Waals surface area (Å²) in [6, 6.07) is 15.7. The molecule has 24 heavy (non-hydrogen) atoms. The topological polar surface area (TPSA) is 43.4 Å². The van der Waals surface area contributed by atoms with Gasteiger partial charge >= 0.3 is 0 Å². The van der Waals surface area contributed by atoms with E-state index in [-0.39, 0.29) is 0 Å². The van der Waals surface area contributed by atoms with Crippen molar-refractivity contribution in [3.8, 4) is 11.5 Å². The van der Waals surface area contributed by atoms with Crippen LogP contribution in [0.2, 0.25) is 4.47 Å². The number of methoxy groups -OCH3 is 1. The van der Waals surface area contributed by atoms with Crippen LogP contribution < -0.4 is 14.8 Å². The fraction of sp³-hybridized carbons (Fsp3) is 0.167. The van der Waals surface area contributed by atoms with Gasteiger partial charge in [0.25, 0.3) is 0 Å². The van der Waals surface area contributed by atoms with Crippen LogP contribution in [0.5, 0.6) is 11.5 Å². The minimum absolute atomic E-state index is 0.508. The van der Waals surface area contributed by atoms with Gasteiger partial charge in [-0.2, -0.15) is 0 Å². The lowest BCUT2D eigenvalue weighted by molar-refractivity contribution is 0.305.